The van der Waals surface area contributed by atoms with Gasteiger partial charge in [0.15, 0.2) is 0 Å². The predicted molar refractivity (Wildman–Crippen MR) is 101 cm³/mol. The molecule has 1 heterocycles. The van der Waals surface area contributed by atoms with Crippen LogP contribution in [0.15, 0.2) is 41.7 Å². The van der Waals surface area contributed by atoms with Crippen molar-refractivity contribution in [2.24, 2.45) is 12.8 Å². The number of benzene rings is 1. The molecule has 8 heteroatoms. The topological polar surface area (TPSA) is 135 Å². The van der Waals surface area contributed by atoms with Crippen LogP contribution in [0.2, 0.25) is 0 Å². The summed E-state index contributed by atoms with van der Waals surface area (Å²) in [6, 6.07) is 9.09. The van der Waals surface area contributed by atoms with Crippen LogP contribution >= 0.6 is 0 Å². The largest absolute Gasteiger partial charge is 0.506 e. The minimum absolute atomic E-state index is 0.119. The number of carboxylic acid groups (broad SMARTS) is 1. The van der Waals surface area contributed by atoms with Crippen LogP contribution < -0.4 is 27.2 Å². The fraction of sp³-hybridized carbons (Fsp3) is 0.105. The summed E-state index contributed by atoms with van der Waals surface area (Å²) in [5, 5.41) is 21.6. The van der Waals surface area contributed by atoms with Crippen LogP contribution in [0.5, 0.6) is 5.75 Å². The quantitative estimate of drug-likeness (QED) is 0.539. The minimum atomic E-state index is -1.28. The Balaban J connectivity index is 2.73. The highest BCUT2D eigenvalue weighted by molar-refractivity contribution is 5.98. The van der Waals surface area contributed by atoms with Gasteiger partial charge in [-0.2, -0.15) is 0 Å². The van der Waals surface area contributed by atoms with Crippen molar-refractivity contribution in [1.82, 2.24) is 9.88 Å². The molecule has 140 valence electrons. The number of carbonyl (C=O) groups is 2. The van der Waals surface area contributed by atoms with Crippen LogP contribution in [-0.2, 0) is 11.8 Å². The zero-order valence-electron chi connectivity index (χ0n) is 14.6. The molecule has 0 aliphatic rings. The second kappa shape index (κ2) is 8.05. The van der Waals surface area contributed by atoms with Crippen LogP contribution in [0.3, 0.4) is 0 Å². The molecule has 1 aromatic carbocycles. The van der Waals surface area contributed by atoms with Gasteiger partial charge in [0.2, 0.25) is 0 Å². The highest BCUT2D eigenvalue weighted by Crippen LogP contribution is 2.14. The first-order valence-electron chi connectivity index (χ1n) is 7.87. The number of pyridine rings is 1. The summed E-state index contributed by atoms with van der Waals surface area (Å²) in [6.07, 6.45) is 2.63. The number of nitrogens with two attached hydrogens (primary N) is 1. The highest BCUT2D eigenvalue weighted by Gasteiger charge is 2.20. The number of rotatable bonds is 5. The normalized spacial score (nSPS) is 12.0. The molecular formula is C19H19N3O5. The van der Waals surface area contributed by atoms with Gasteiger partial charge in [-0.15, -0.1) is 0 Å². The third-order valence-corrected chi connectivity index (χ3v) is 3.90. The monoisotopic (exact) mass is 369 g/mol. The lowest BCUT2D eigenvalue weighted by Gasteiger charge is -2.10. The first-order valence-corrected chi connectivity index (χ1v) is 7.87. The molecule has 0 unspecified atom stereocenters. The number of carboxylic acids is 1. The Morgan fingerprint density at radius 2 is 1.93 bits per heavy atom. The van der Waals surface area contributed by atoms with E-state index in [1.54, 1.807) is 0 Å². The van der Waals surface area contributed by atoms with Crippen molar-refractivity contribution in [3.8, 4) is 5.75 Å². The van der Waals surface area contributed by atoms with E-state index in [1.807, 2.05) is 30.3 Å². The van der Waals surface area contributed by atoms with Gasteiger partial charge in [-0.25, -0.2) is 0 Å². The molecule has 5 N–H and O–H groups in total. The SMILES string of the molecule is C=C(/C=c1/c(O)c(C(=O)NCC(=O)O)c(=O)n(C)/c1=C/N)c1ccccc1. The Kier molecular flexibility index (Phi) is 5.82. The first-order chi connectivity index (χ1) is 12.8. The van der Waals surface area contributed by atoms with Crippen molar-refractivity contribution in [2.45, 2.75) is 0 Å². The Bertz CT molecular complexity index is 1090. The second-order valence-electron chi connectivity index (χ2n) is 5.67. The van der Waals surface area contributed by atoms with Gasteiger partial charge in [0.25, 0.3) is 11.5 Å². The van der Waals surface area contributed by atoms with Crippen molar-refractivity contribution in [2.75, 3.05) is 6.54 Å². The van der Waals surface area contributed by atoms with Gasteiger partial charge in [-0.05, 0) is 17.2 Å². The maximum Gasteiger partial charge on any atom is 0.322 e. The van der Waals surface area contributed by atoms with Gasteiger partial charge in [-0.3, -0.25) is 14.4 Å². The summed E-state index contributed by atoms with van der Waals surface area (Å²) in [7, 11) is 1.39. The number of hydrogen-bond donors (Lipinski definition) is 4. The minimum Gasteiger partial charge on any atom is -0.506 e. The van der Waals surface area contributed by atoms with Crippen molar-refractivity contribution < 1.29 is 19.8 Å². The molecule has 0 atom stereocenters. The standard InChI is InChI=1S/C19H19N3O5/c1-11(12-6-4-3-5-7-12)8-13-14(9-20)22(2)19(27)16(17(13)25)18(26)21-10-15(23)24/h3-9,25H,1,10,20H2,2H3,(H,21,26)(H,23,24)/b13-8+,14-9+. The van der Waals surface area contributed by atoms with Crippen molar-refractivity contribution in [3.05, 3.63) is 69.0 Å². The van der Waals surface area contributed by atoms with E-state index in [4.69, 9.17) is 10.8 Å². The number of amides is 1. The van der Waals surface area contributed by atoms with E-state index in [1.165, 1.54) is 13.1 Å². The van der Waals surface area contributed by atoms with Crippen LogP contribution in [0, 0.1) is 0 Å². The maximum atomic E-state index is 12.4. The lowest BCUT2D eigenvalue weighted by molar-refractivity contribution is -0.135. The lowest BCUT2D eigenvalue weighted by atomic mass is 10.0. The molecule has 0 fully saturated rings. The molecule has 1 amide bonds. The third kappa shape index (κ3) is 4.06. The third-order valence-electron chi connectivity index (χ3n) is 3.90. The molecule has 0 saturated carbocycles. The summed E-state index contributed by atoms with van der Waals surface area (Å²) < 4.78 is 1.10. The lowest BCUT2D eigenvalue weighted by Crippen LogP contribution is -2.47. The van der Waals surface area contributed by atoms with Crippen molar-refractivity contribution in [1.29, 1.82) is 0 Å². The predicted octanol–water partition coefficient (Wildman–Crippen LogP) is -0.904. The molecule has 27 heavy (non-hydrogen) atoms. The van der Waals surface area contributed by atoms with Gasteiger partial charge >= 0.3 is 5.97 Å². The molecule has 1 aromatic heterocycles. The zero-order valence-corrected chi connectivity index (χ0v) is 14.6. The summed E-state index contributed by atoms with van der Waals surface area (Å²) in [5.41, 5.74) is 5.51. The Morgan fingerprint density at radius 1 is 1.30 bits per heavy atom. The Morgan fingerprint density at radius 3 is 2.48 bits per heavy atom. The highest BCUT2D eigenvalue weighted by atomic mass is 16.4. The maximum absolute atomic E-state index is 12.4. The molecule has 0 aliphatic carbocycles. The van der Waals surface area contributed by atoms with Crippen molar-refractivity contribution >= 4 is 29.7 Å². The molecule has 0 bridgehead atoms. The first kappa shape index (κ1) is 19.5. The second-order valence-corrected chi connectivity index (χ2v) is 5.67. The number of allylic oxidation sites excluding steroid dienone is 1. The molecule has 0 aliphatic heterocycles. The van der Waals surface area contributed by atoms with E-state index in [-0.39, 0.29) is 10.6 Å². The number of carbonyl (C=O) groups excluding carboxylic acids is 1. The number of aromatic nitrogens is 1. The smallest absolute Gasteiger partial charge is 0.322 e. The van der Waals surface area contributed by atoms with Crippen molar-refractivity contribution in [3.63, 3.8) is 0 Å². The van der Waals surface area contributed by atoms with E-state index in [2.05, 4.69) is 11.9 Å². The molecule has 0 radical (unpaired) electrons. The van der Waals surface area contributed by atoms with Gasteiger partial charge in [0, 0.05) is 18.5 Å². The van der Waals surface area contributed by atoms with E-state index in [9.17, 15) is 19.5 Å². The number of hydrogen-bond acceptors (Lipinski definition) is 5. The number of nitrogens with zero attached hydrogens (tertiary/aromatic N) is 1. The van der Waals surface area contributed by atoms with E-state index < -0.39 is 35.3 Å². The summed E-state index contributed by atoms with van der Waals surface area (Å²) in [5.74, 6) is -2.88. The molecule has 0 saturated heterocycles. The molecule has 2 aromatic rings. The number of aliphatic carboxylic acids is 1. The fourth-order valence-corrected chi connectivity index (χ4v) is 2.52. The van der Waals surface area contributed by atoms with E-state index in [0.717, 1.165) is 16.3 Å². The van der Waals surface area contributed by atoms with Gasteiger partial charge in [-0.1, -0.05) is 36.9 Å². The van der Waals surface area contributed by atoms with Gasteiger partial charge < -0.3 is 25.8 Å². The summed E-state index contributed by atoms with van der Waals surface area (Å²) >= 11 is 0. The molecule has 8 nitrogen and oxygen atoms in total. The van der Waals surface area contributed by atoms with Crippen LogP contribution in [0.25, 0.3) is 17.8 Å². The number of aromatic hydroxyl groups is 1. The average Bonchev–Trinajstić information content (AvgIpc) is 2.65. The zero-order chi connectivity index (χ0) is 20.1. The van der Waals surface area contributed by atoms with E-state index >= 15 is 0 Å². The Hall–Kier alpha value is -3.81. The number of nitrogens with one attached hydrogen (secondary N) is 1. The molecule has 0 spiro atoms. The Labute approximate surface area is 154 Å². The van der Waals surface area contributed by atoms with Gasteiger partial charge in [0.05, 0.1) is 5.35 Å². The van der Waals surface area contributed by atoms with Gasteiger partial charge in [0.1, 0.15) is 17.9 Å². The summed E-state index contributed by atoms with van der Waals surface area (Å²) in [6.45, 7) is 3.24. The van der Waals surface area contributed by atoms with Crippen LogP contribution in [-0.4, -0.2) is 33.2 Å². The average molecular weight is 369 g/mol. The van der Waals surface area contributed by atoms with E-state index in [0.29, 0.717) is 5.57 Å². The van der Waals surface area contributed by atoms with Crippen LogP contribution in [0.1, 0.15) is 15.9 Å². The fourth-order valence-electron chi connectivity index (χ4n) is 2.52. The molecule has 2 rings (SSSR count). The molecular weight excluding hydrogens is 350 g/mol. The summed E-state index contributed by atoms with van der Waals surface area (Å²) in [4.78, 5) is 35.3. The van der Waals surface area contributed by atoms with Crippen LogP contribution in [0.4, 0.5) is 0 Å².